The van der Waals surface area contributed by atoms with Crippen molar-refractivity contribution in [2.75, 3.05) is 19.0 Å². The Hall–Kier alpha value is -2.98. The number of non-ortho nitro benzene ring substituents is 1. The molecule has 0 unspecified atom stereocenters. The molecule has 0 aliphatic heterocycles. The average molecular weight is 379 g/mol. The fourth-order valence-electron chi connectivity index (χ4n) is 2.09. The molecule has 0 heterocycles. The maximum atomic E-state index is 12.1. The van der Waals surface area contributed by atoms with Gasteiger partial charge in [-0.1, -0.05) is 12.1 Å². The van der Waals surface area contributed by atoms with E-state index in [0.29, 0.717) is 11.4 Å². The van der Waals surface area contributed by atoms with Crippen LogP contribution in [0.1, 0.15) is 6.42 Å². The molecule has 9 nitrogen and oxygen atoms in total. The molecule has 10 heteroatoms. The molecule has 26 heavy (non-hydrogen) atoms. The Labute approximate surface area is 150 Å². The SMILES string of the molecule is COc1ccccc1NC(=O)CCNS(=O)(=O)c1ccc([N+](=O)[O-])cc1. The summed E-state index contributed by atoms with van der Waals surface area (Å²) in [4.78, 5) is 21.8. The molecule has 0 aliphatic carbocycles. The lowest BCUT2D eigenvalue weighted by molar-refractivity contribution is -0.384. The van der Waals surface area contributed by atoms with Crippen molar-refractivity contribution in [1.82, 2.24) is 4.72 Å². The molecule has 0 atom stereocenters. The normalized spacial score (nSPS) is 11.0. The number of methoxy groups -OCH3 is 1. The van der Waals surface area contributed by atoms with E-state index in [0.717, 1.165) is 24.3 Å². The van der Waals surface area contributed by atoms with Crippen LogP contribution in [0, 0.1) is 10.1 Å². The van der Waals surface area contributed by atoms with Crippen molar-refractivity contribution in [3.05, 3.63) is 58.6 Å². The molecule has 2 rings (SSSR count). The number of benzene rings is 2. The molecule has 2 N–H and O–H groups in total. The zero-order valence-corrected chi connectivity index (χ0v) is 14.7. The predicted molar refractivity (Wildman–Crippen MR) is 94.5 cm³/mol. The standard InChI is InChI=1S/C16H17N3O6S/c1-25-15-5-3-2-4-14(15)18-16(20)10-11-17-26(23,24)13-8-6-12(7-9-13)19(21)22/h2-9,17H,10-11H2,1H3,(H,18,20). The molecule has 0 fully saturated rings. The topological polar surface area (TPSA) is 128 Å². The number of nitrogens with one attached hydrogen (secondary N) is 2. The van der Waals surface area contributed by atoms with Gasteiger partial charge in [0.15, 0.2) is 0 Å². The minimum atomic E-state index is -3.86. The lowest BCUT2D eigenvalue weighted by Crippen LogP contribution is -2.27. The van der Waals surface area contributed by atoms with E-state index in [1.165, 1.54) is 7.11 Å². The van der Waals surface area contributed by atoms with Crippen LogP contribution in [-0.2, 0) is 14.8 Å². The third-order valence-electron chi connectivity index (χ3n) is 3.38. The molecule has 2 aromatic rings. The van der Waals surface area contributed by atoms with Gasteiger partial charge in [-0.05, 0) is 24.3 Å². The van der Waals surface area contributed by atoms with Gasteiger partial charge in [-0.2, -0.15) is 0 Å². The van der Waals surface area contributed by atoms with E-state index >= 15 is 0 Å². The molecule has 0 aliphatic rings. The molecule has 0 saturated carbocycles. The summed E-state index contributed by atoms with van der Waals surface area (Å²) in [5.74, 6) is 0.105. The fraction of sp³-hybridized carbons (Fsp3) is 0.188. The van der Waals surface area contributed by atoms with Crippen LogP contribution in [0.15, 0.2) is 53.4 Å². The minimum Gasteiger partial charge on any atom is -0.495 e. The summed E-state index contributed by atoms with van der Waals surface area (Å²) < 4.78 is 31.6. The summed E-state index contributed by atoms with van der Waals surface area (Å²) in [7, 11) is -2.39. The molecule has 0 saturated heterocycles. The molecule has 0 radical (unpaired) electrons. The highest BCUT2D eigenvalue weighted by Gasteiger charge is 2.16. The van der Waals surface area contributed by atoms with Crippen LogP contribution in [0.4, 0.5) is 11.4 Å². The minimum absolute atomic E-state index is 0.0930. The van der Waals surface area contributed by atoms with Gasteiger partial charge in [-0.3, -0.25) is 14.9 Å². The van der Waals surface area contributed by atoms with Gasteiger partial charge in [0.05, 0.1) is 22.6 Å². The lowest BCUT2D eigenvalue weighted by atomic mass is 10.3. The number of nitrogens with zero attached hydrogens (tertiary/aromatic N) is 1. The second-order valence-corrected chi connectivity index (χ2v) is 6.91. The Morgan fingerprint density at radius 2 is 1.81 bits per heavy atom. The third kappa shape index (κ3) is 5.01. The first-order valence-corrected chi connectivity index (χ1v) is 8.99. The maximum absolute atomic E-state index is 12.1. The predicted octanol–water partition coefficient (Wildman–Crippen LogP) is 1.91. The van der Waals surface area contributed by atoms with Crippen molar-refractivity contribution in [2.45, 2.75) is 11.3 Å². The number of hydrogen-bond acceptors (Lipinski definition) is 6. The summed E-state index contributed by atoms with van der Waals surface area (Å²) in [6, 6.07) is 11.3. The van der Waals surface area contributed by atoms with E-state index in [-0.39, 0.29) is 29.5 Å². The highest BCUT2D eigenvalue weighted by Crippen LogP contribution is 2.23. The smallest absolute Gasteiger partial charge is 0.269 e. The number of sulfonamides is 1. The van der Waals surface area contributed by atoms with E-state index in [1.807, 2.05) is 0 Å². The van der Waals surface area contributed by atoms with E-state index in [2.05, 4.69) is 10.0 Å². The van der Waals surface area contributed by atoms with Gasteiger partial charge >= 0.3 is 0 Å². The lowest BCUT2D eigenvalue weighted by Gasteiger charge is -2.10. The van der Waals surface area contributed by atoms with Crippen molar-refractivity contribution >= 4 is 27.3 Å². The first-order valence-electron chi connectivity index (χ1n) is 7.50. The van der Waals surface area contributed by atoms with E-state index in [4.69, 9.17) is 4.74 Å². The van der Waals surface area contributed by atoms with Gasteiger partial charge in [-0.25, -0.2) is 13.1 Å². The summed E-state index contributed by atoms with van der Waals surface area (Å²) >= 11 is 0. The molecular formula is C16H17N3O6S. The Morgan fingerprint density at radius 1 is 1.15 bits per heavy atom. The third-order valence-corrected chi connectivity index (χ3v) is 4.86. The van der Waals surface area contributed by atoms with Gasteiger partial charge in [-0.15, -0.1) is 0 Å². The number of nitro benzene ring substituents is 1. The number of carbonyl (C=O) groups excluding carboxylic acids is 1. The molecule has 0 spiro atoms. The number of ether oxygens (including phenoxy) is 1. The molecule has 0 bridgehead atoms. The highest BCUT2D eigenvalue weighted by atomic mass is 32.2. The fourth-order valence-corrected chi connectivity index (χ4v) is 3.12. The Balaban J connectivity index is 1.91. The van der Waals surface area contributed by atoms with Gasteiger partial charge in [0, 0.05) is 25.1 Å². The Bertz CT molecular complexity index is 896. The van der Waals surface area contributed by atoms with Crippen molar-refractivity contribution in [3.8, 4) is 5.75 Å². The number of rotatable bonds is 8. The number of para-hydroxylation sites is 2. The second-order valence-electron chi connectivity index (χ2n) is 5.15. The van der Waals surface area contributed by atoms with Gasteiger partial charge in [0.25, 0.3) is 5.69 Å². The van der Waals surface area contributed by atoms with E-state index in [1.54, 1.807) is 24.3 Å². The number of carbonyl (C=O) groups is 1. The molecular weight excluding hydrogens is 362 g/mol. The summed E-state index contributed by atoms with van der Waals surface area (Å²) in [6.45, 7) is -0.125. The largest absolute Gasteiger partial charge is 0.495 e. The first-order chi connectivity index (χ1) is 12.3. The van der Waals surface area contributed by atoms with Crippen molar-refractivity contribution in [3.63, 3.8) is 0 Å². The van der Waals surface area contributed by atoms with Crippen LogP contribution >= 0.6 is 0 Å². The first kappa shape index (κ1) is 19.3. The Morgan fingerprint density at radius 3 is 2.42 bits per heavy atom. The quantitative estimate of drug-likeness (QED) is 0.533. The van der Waals surface area contributed by atoms with Crippen LogP contribution in [0.25, 0.3) is 0 Å². The van der Waals surface area contributed by atoms with Crippen LogP contribution < -0.4 is 14.8 Å². The molecule has 1 amide bonds. The monoisotopic (exact) mass is 379 g/mol. The van der Waals surface area contributed by atoms with Crippen LogP contribution in [0.5, 0.6) is 5.75 Å². The van der Waals surface area contributed by atoms with Crippen molar-refractivity contribution in [1.29, 1.82) is 0 Å². The molecule has 138 valence electrons. The number of amides is 1. The zero-order valence-electron chi connectivity index (χ0n) is 13.8. The zero-order chi connectivity index (χ0) is 19.2. The Kier molecular flexibility index (Phi) is 6.26. The number of nitro groups is 1. The summed E-state index contributed by atoms with van der Waals surface area (Å²) in [6.07, 6.45) is -0.0930. The van der Waals surface area contributed by atoms with Crippen LogP contribution in [0.3, 0.4) is 0 Å². The summed E-state index contributed by atoms with van der Waals surface area (Å²) in [5.41, 5.74) is 0.276. The van der Waals surface area contributed by atoms with E-state index in [9.17, 15) is 23.3 Å². The van der Waals surface area contributed by atoms with Gasteiger partial charge in [0.2, 0.25) is 15.9 Å². The van der Waals surface area contributed by atoms with Gasteiger partial charge < -0.3 is 10.1 Å². The second kappa shape index (κ2) is 8.41. The number of hydrogen-bond donors (Lipinski definition) is 2. The van der Waals surface area contributed by atoms with Crippen LogP contribution in [0.2, 0.25) is 0 Å². The van der Waals surface area contributed by atoms with Crippen molar-refractivity contribution in [2.24, 2.45) is 0 Å². The van der Waals surface area contributed by atoms with Crippen molar-refractivity contribution < 1.29 is 22.9 Å². The summed E-state index contributed by atoms with van der Waals surface area (Å²) in [5, 5.41) is 13.2. The maximum Gasteiger partial charge on any atom is 0.269 e. The molecule has 0 aromatic heterocycles. The number of anilines is 1. The molecule has 2 aromatic carbocycles. The van der Waals surface area contributed by atoms with E-state index < -0.39 is 14.9 Å². The van der Waals surface area contributed by atoms with Gasteiger partial charge in [0.1, 0.15) is 5.75 Å². The van der Waals surface area contributed by atoms with Crippen LogP contribution in [-0.4, -0.2) is 32.9 Å². The average Bonchev–Trinajstić information content (AvgIpc) is 2.62. The highest BCUT2D eigenvalue weighted by molar-refractivity contribution is 7.89.